The molecule has 0 fully saturated rings. The summed E-state index contributed by atoms with van der Waals surface area (Å²) in [5.74, 6) is -0.403. The first kappa shape index (κ1) is 17.2. The van der Waals surface area contributed by atoms with Crippen LogP contribution in [-0.2, 0) is 4.79 Å². The summed E-state index contributed by atoms with van der Waals surface area (Å²) >= 11 is 5.86. The van der Waals surface area contributed by atoms with Gasteiger partial charge in [0.2, 0.25) is 5.91 Å². The zero-order valence-electron chi connectivity index (χ0n) is 12.7. The molecular weight excluding hydrogens is 332 g/mol. The van der Waals surface area contributed by atoms with Gasteiger partial charge >= 0.3 is 0 Å². The third kappa shape index (κ3) is 4.00. The molecule has 0 saturated heterocycles. The van der Waals surface area contributed by atoms with Gasteiger partial charge in [0.15, 0.2) is 0 Å². The van der Waals surface area contributed by atoms with Gasteiger partial charge in [-0.15, -0.1) is 0 Å². The van der Waals surface area contributed by atoms with Crippen molar-refractivity contribution in [2.24, 2.45) is 0 Å². The lowest BCUT2D eigenvalue weighted by molar-refractivity contribution is -0.385. The zero-order valence-corrected chi connectivity index (χ0v) is 13.4. The Labute approximate surface area is 143 Å². The molecule has 8 heteroatoms. The molecule has 0 saturated carbocycles. The number of benzene rings is 2. The zero-order chi connectivity index (χ0) is 17.7. The minimum atomic E-state index is -0.480. The lowest BCUT2D eigenvalue weighted by Gasteiger charge is -2.11. The number of nitrogens with zero attached hydrogens (tertiary/aromatic N) is 2. The monoisotopic (exact) mass is 344 g/mol. The van der Waals surface area contributed by atoms with Crippen LogP contribution in [0.3, 0.4) is 0 Å². The largest absolute Gasteiger partial charge is 0.376 e. The predicted octanol–water partition coefficient (Wildman–Crippen LogP) is 3.48. The quantitative estimate of drug-likeness (QED) is 0.637. The van der Waals surface area contributed by atoms with Crippen molar-refractivity contribution in [3.05, 3.63) is 62.7 Å². The van der Waals surface area contributed by atoms with Gasteiger partial charge in [-0.1, -0.05) is 17.7 Å². The highest BCUT2D eigenvalue weighted by Gasteiger charge is 2.14. The molecule has 24 heavy (non-hydrogen) atoms. The molecular formula is C16H13ClN4O3. The Balaban J connectivity index is 2.07. The molecule has 0 radical (unpaired) electrons. The average Bonchev–Trinajstić information content (AvgIpc) is 2.54. The van der Waals surface area contributed by atoms with Crippen LogP contribution in [0.5, 0.6) is 0 Å². The second-order valence-corrected chi connectivity index (χ2v) is 5.35. The second kappa shape index (κ2) is 7.44. The van der Waals surface area contributed by atoms with E-state index in [1.807, 2.05) is 6.07 Å². The number of rotatable bonds is 5. The first-order chi connectivity index (χ1) is 11.4. The van der Waals surface area contributed by atoms with E-state index in [1.165, 1.54) is 24.3 Å². The Morgan fingerprint density at radius 2 is 2.08 bits per heavy atom. The van der Waals surface area contributed by atoms with Gasteiger partial charge < -0.3 is 10.6 Å². The number of nitro groups is 1. The summed E-state index contributed by atoms with van der Waals surface area (Å²) in [5.41, 5.74) is 1.51. The minimum Gasteiger partial charge on any atom is -0.376 e. The number of anilines is 2. The van der Waals surface area contributed by atoms with E-state index in [2.05, 4.69) is 10.6 Å². The number of amides is 1. The number of hydrogen-bond donors (Lipinski definition) is 2. The topological polar surface area (TPSA) is 108 Å². The molecule has 7 nitrogen and oxygen atoms in total. The SMILES string of the molecule is Cc1c(NCC(=O)Nc2cc(Cl)ccc2C#N)cccc1[N+](=O)[O-]. The van der Waals surface area contributed by atoms with Gasteiger partial charge in [-0.25, -0.2) is 0 Å². The summed E-state index contributed by atoms with van der Waals surface area (Å²) in [7, 11) is 0. The maximum atomic E-state index is 12.0. The van der Waals surface area contributed by atoms with E-state index >= 15 is 0 Å². The third-order valence-corrected chi connectivity index (χ3v) is 3.55. The second-order valence-electron chi connectivity index (χ2n) is 4.91. The van der Waals surface area contributed by atoms with Crippen LogP contribution in [0.1, 0.15) is 11.1 Å². The molecule has 2 aromatic rings. The maximum Gasteiger partial charge on any atom is 0.274 e. The van der Waals surface area contributed by atoms with Crippen molar-refractivity contribution in [1.82, 2.24) is 0 Å². The standard InChI is InChI=1S/C16H13ClN4O3/c1-10-13(3-2-4-15(10)21(23)24)19-9-16(22)20-14-7-12(17)6-5-11(14)8-18/h2-7,19H,9H2,1H3,(H,20,22). The van der Waals surface area contributed by atoms with Gasteiger partial charge in [0.25, 0.3) is 5.69 Å². The Hall–Kier alpha value is -3.11. The smallest absolute Gasteiger partial charge is 0.274 e. The van der Waals surface area contributed by atoms with E-state index in [4.69, 9.17) is 16.9 Å². The molecule has 2 aromatic carbocycles. The lowest BCUT2D eigenvalue weighted by Crippen LogP contribution is -2.22. The number of carbonyl (C=O) groups excluding carboxylic acids is 1. The minimum absolute atomic E-state index is 0.0259. The van der Waals surface area contributed by atoms with E-state index in [-0.39, 0.29) is 12.2 Å². The fraction of sp³-hybridized carbons (Fsp3) is 0.125. The van der Waals surface area contributed by atoms with Gasteiger partial charge in [0.05, 0.1) is 22.7 Å². The number of halogens is 1. The van der Waals surface area contributed by atoms with Crippen LogP contribution in [0, 0.1) is 28.4 Å². The van der Waals surface area contributed by atoms with Gasteiger partial charge in [0.1, 0.15) is 6.07 Å². The number of carbonyl (C=O) groups is 1. The highest BCUT2D eigenvalue weighted by atomic mass is 35.5. The fourth-order valence-corrected chi connectivity index (χ4v) is 2.27. The number of nitrogens with one attached hydrogen (secondary N) is 2. The molecule has 0 heterocycles. The summed E-state index contributed by atoms with van der Waals surface area (Å²) in [6.07, 6.45) is 0. The van der Waals surface area contributed by atoms with Crippen LogP contribution in [-0.4, -0.2) is 17.4 Å². The first-order valence-electron chi connectivity index (χ1n) is 6.89. The highest BCUT2D eigenvalue weighted by molar-refractivity contribution is 6.31. The lowest BCUT2D eigenvalue weighted by atomic mass is 10.1. The molecule has 122 valence electrons. The van der Waals surface area contributed by atoms with Crippen LogP contribution in [0.25, 0.3) is 0 Å². The van der Waals surface area contributed by atoms with E-state index in [0.717, 1.165) is 0 Å². The van der Waals surface area contributed by atoms with Crippen molar-refractivity contribution in [2.45, 2.75) is 6.92 Å². The summed E-state index contributed by atoms with van der Waals surface area (Å²) in [6, 6.07) is 11.1. The molecule has 0 atom stereocenters. The summed E-state index contributed by atoms with van der Waals surface area (Å²) in [4.78, 5) is 22.5. The molecule has 0 bridgehead atoms. The van der Waals surface area contributed by atoms with Crippen molar-refractivity contribution in [2.75, 3.05) is 17.2 Å². The maximum absolute atomic E-state index is 12.0. The Morgan fingerprint density at radius 3 is 2.75 bits per heavy atom. The molecule has 0 spiro atoms. The Bertz CT molecular complexity index is 846. The molecule has 0 aliphatic heterocycles. The Kier molecular flexibility index (Phi) is 5.35. The van der Waals surface area contributed by atoms with E-state index in [1.54, 1.807) is 19.1 Å². The fourth-order valence-electron chi connectivity index (χ4n) is 2.10. The molecule has 2 N–H and O–H groups in total. The van der Waals surface area contributed by atoms with Crippen molar-refractivity contribution in [3.8, 4) is 6.07 Å². The molecule has 0 aliphatic rings. The highest BCUT2D eigenvalue weighted by Crippen LogP contribution is 2.25. The van der Waals surface area contributed by atoms with Crippen LogP contribution in [0.4, 0.5) is 17.1 Å². The van der Waals surface area contributed by atoms with Crippen molar-refractivity contribution >= 4 is 34.6 Å². The van der Waals surface area contributed by atoms with Crippen LogP contribution in [0.15, 0.2) is 36.4 Å². The summed E-state index contributed by atoms with van der Waals surface area (Å²) in [5, 5.41) is 25.8. The number of nitriles is 1. The molecule has 1 amide bonds. The van der Waals surface area contributed by atoms with E-state index in [9.17, 15) is 14.9 Å². The van der Waals surface area contributed by atoms with Crippen LogP contribution in [0.2, 0.25) is 5.02 Å². The third-order valence-electron chi connectivity index (χ3n) is 3.32. The molecule has 0 aliphatic carbocycles. The average molecular weight is 345 g/mol. The normalized spacial score (nSPS) is 9.88. The predicted molar refractivity (Wildman–Crippen MR) is 91.1 cm³/mol. The Morgan fingerprint density at radius 1 is 1.33 bits per heavy atom. The van der Waals surface area contributed by atoms with Gasteiger partial charge in [-0.2, -0.15) is 5.26 Å². The van der Waals surface area contributed by atoms with Crippen molar-refractivity contribution < 1.29 is 9.72 Å². The molecule has 0 aromatic heterocycles. The van der Waals surface area contributed by atoms with Gasteiger partial charge in [-0.05, 0) is 31.2 Å². The first-order valence-corrected chi connectivity index (χ1v) is 7.27. The van der Waals surface area contributed by atoms with E-state index < -0.39 is 10.8 Å². The van der Waals surface area contributed by atoms with E-state index in [0.29, 0.717) is 27.5 Å². The summed E-state index contributed by atoms with van der Waals surface area (Å²) < 4.78 is 0. The van der Waals surface area contributed by atoms with Crippen LogP contribution < -0.4 is 10.6 Å². The molecule has 0 unspecified atom stereocenters. The molecule has 2 rings (SSSR count). The van der Waals surface area contributed by atoms with Gasteiger partial charge in [0, 0.05) is 22.3 Å². The van der Waals surface area contributed by atoms with Crippen molar-refractivity contribution in [1.29, 1.82) is 5.26 Å². The summed E-state index contributed by atoms with van der Waals surface area (Å²) in [6.45, 7) is 1.49. The van der Waals surface area contributed by atoms with Crippen LogP contribution >= 0.6 is 11.6 Å². The van der Waals surface area contributed by atoms with Gasteiger partial charge in [-0.3, -0.25) is 14.9 Å². The number of nitro benzene ring substituents is 1. The number of hydrogen-bond acceptors (Lipinski definition) is 5. The van der Waals surface area contributed by atoms with Crippen molar-refractivity contribution in [3.63, 3.8) is 0 Å².